The van der Waals surface area contributed by atoms with Crippen molar-refractivity contribution in [3.05, 3.63) is 158 Å². The molecule has 0 saturated heterocycles. The Hall–Kier alpha value is -5.30. The van der Waals surface area contributed by atoms with Crippen LogP contribution in [0.4, 0.5) is 5.69 Å². The molecule has 0 spiro atoms. The van der Waals surface area contributed by atoms with Gasteiger partial charge in [0.15, 0.2) is 0 Å². The predicted molar refractivity (Wildman–Crippen MR) is 257 cm³/mol. The average molecular weight is 817 g/mol. The predicted octanol–water partition coefficient (Wildman–Crippen LogP) is 13.2. The summed E-state index contributed by atoms with van der Waals surface area (Å²) in [5.41, 5.74) is 0.629. The van der Waals surface area contributed by atoms with Gasteiger partial charge in [-0.3, -0.25) is 19.4 Å². The van der Waals surface area contributed by atoms with Gasteiger partial charge >= 0.3 is 0 Å². The number of amides is 3. The number of anilines is 1. The Labute approximate surface area is 364 Å². The number of nitrogens with one attached hydrogen (secondary N) is 3. The van der Waals surface area contributed by atoms with Gasteiger partial charge in [-0.1, -0.05) is 148 Å². The summed E-state index contributed by atoms with van der Waals surface area (Å²) < 4.78 is 0. The fourth-order valence-corrected chi connectivity index (χ4v) is 5.59. The van der Waals surface area contributed by atoms with Crippen molar-refractivity contribution in [3.63, 3.8) is 0 Å². The second-order valence-electron chi connectivity index (χ2n) is 14.2. The Morgan fingerprint density at radius 3 is 1.37 bits per heavy atom. The Bertz CT molecular complexity index is 1570. The SMILES string of the molecule is CCC=CCC=CCC=CCC=CCC=CCC=CCCC(=O)N[C@@H](CCCCNC(=O)CCCC=CCC=CCC=CCC=CCC=CCC)C(=O)Nc1ccncc1. The van der Waals surface area contributed by atoms with Crippen LogP contribution in [0.25, 0.3) is 0 Å². The molecule has 7 nitrogen and oxygen atoms in total. The number of unbranched alkanes of at least 4 members (excludes halogenated alkanes) is 2. The molecule has 1 rings (SSSR count). The molecule has 3 N–H and O–H groups in total. The lowest BCUT2D eigenvalue weighted by Gasteiger charge is -2.18. The van der Waals surface area contributed by atoms with Gasteiger partial charge in [0.05, 0.1) is 0 Å². The third kappa shape index (κ3) is 35.8. The van der Waals surface area contributed by atoms with Crippen molar-refractivity contribution in [2.45, 2.75) is 142 Å². The van der Waals surface area contributed by atoms with Gasteiger partial charge in [0.25, 0.3) is 0 Å². The van der Waals surface area contributed by atoms with E-state index in [2.05, 4.69) is 162 Å². The number of carbonyl (C=O) groups is 3. The number of aromatic nitrogens is 1. The van der Waals surface area contributed by atoms with Crippen LogP contribution < -0.4 is 16.0 Å². The molecule has 1 aromatic heterocycles. The normalized spacial score (nSPS) is 13.2. The van der Waals surface area contributed by atoms with Gasteiger partial charge in [-0.05, 0) is 121 Å². The third-order valence-electron chi connectivity index (χ3n) is 8.91. The van der Waals surface area contributed by atoms with E-state index >= 15 is 0 Å². The van der Waals surface area contributed by atoms with Gasteiger partial charge < -0.3 is 16.0 Å². The van der Waals surface area contributed by atoms with Gasteiger partial charge in [0.2, 0.25) is 17.7 Å². The monoisotopic (exact) mass is 817 g/mol. The molecule has 0 radical (unpaired) electrons. The van der Waals surface area contributed by atoms with E-state index in [4.69, 9.17) is 0 Å². The molecule has 326 valence electrons. The molecule has 1 aromatic rings. The van der Waals surface area contributed by atoms with E-state index in [0.29, 0.717) is 50.8 Å². The molecule has 0 fully saturated rings. The van der Waals surface area contributed by atoms with Crippen LogP contribution >= 0.6 is 0 Å². The first-order valence-electron chi connectivity index (χ1n) is 22.5. The number of rotatable bonds is 35. The van der Waals surface area contributed by atoms with E-state index in [-0.39, 0.29) is 17.7 Å². The minimum Gasteiger partial charge on any atom is -0.356 e. The summed E-state index contributed by atoms with van der Waals surface area (Å²) in [5.74, 6) is -0.384. The maximum Gasteiger partial charge on any atom is 0.246 e. The quantitative estimate of drug-likeness (QED) is 0.0469. The largest absolute Gasteiger partial charge is 0.356 e. The highest BCUT2D eigenvalue weighted by atomic mass is 16.2. The van der Waals surface area contributed by atoms with E-state index < -0.39 is 6.04 Å². The van der Waals surface area contributed by atoms with Crippen molar-refractivity contribution in [3.8, 4) is 0 Å². The molecular weight excluding hydrogens is 741 g/mol. The maximum absolute atomic E-state index is 13.1. The van der Waals surface area contributed by atoms with Crippen LogP contribution in [0.15, 0.2) is 158 Å². The summed E-state index contributed by atoms with van der Waals surface area (Å²) in [6, 6.07) is 2.77. The van der Waals surface area contributed by atoms with Crippen LogP contribution in [0.2, 0.25) is 0 Å². The van der Waals surface area contributed by atoms with Crippen LogP contribution in [0, 0.1) is 0 Å². The molecule has 0 aliphatic rings. The molecule has 3 amide bonds. The van der Waals surface area contributed by atoms with Crippen molar-refractivity contribution in [2.24, 2.45) is 0 Å². The first-order chi connectivity index (χ1) is 29.6. The number of carbonyl (C=O) groups excluding carboxylic acids is 3. The molecule has 1 heterocycles. The standard InChI is InChI=1S/C53H76N4O3/c1-3-5-7-9-11-13-15-17-19-21-22-24-26-28-30-32-34-36-38-43-52(59)57-50(53(60)56-49-44-47-54-48-45-49)41-39-40-46-55-51(58)42-37-35-33-31-29-27-25-23-20-18-16-14-12-10-8-6-4-2/h5-8,11-14,17-20,22,24-25,27-28,30-31,33-34,36,44-45,47-48,50H,3-4,9-10,15-16,21,23,26,29,32,35,37-43,46H2,1-2H3,(H,55,58)(H,57,59)(H,54,56,60)/t50-/m0/s1. The second kappa shape index (κ2) is 41.8. The first-order valence-corrected chi connectivity index (χ1v) is 22.5. The summed E-state index contributed by atoms with van der Waals surface area (Å²) in [6.45, 7) is 4.83. The highest BCUT2D eigenvalue weighted by molar-refractivity contribution is 5.97. The molecule has 7 heteroatoms. The van der Waals surface area contributed by atoms with Crippen molar-refractivity contribution < 1.29 is 14.4 Å². The number of nitrogens with zero attached hydrogens (tertiary/aromatic N) is 1. The Balaban J connectivity index is 2.28. The lowest BCUT2D eigenvalue weighted by atomic mass is 10.1. The zero-order valence-corrected chi connectivity index (χ0v) is 36.9. The molecule has 60 heavy (non-hydrogen) atoms. The highest BCUT2D eigenvalue weighted by Gasteiger charge is 2.20. The van der Waals surface area contributed by atoms with Gasteiger partial charge in [0, 0.05) is 37.5 Å². The molecular formula is C53H76N4O3. The van der Waals surface area contributed by atoms with E-state index in [1.807, 2.05) is 6.08 Å². The van der Waals surface area contributed by atoms with E-state index in [9.17, 15) is 14.4 Å². The lowest BCUT2D eigenvalue weighted by molar-refractivity contribution is -0.126. The number of allylic oxidation sites excluding steroid dienone is 22. The molecule has 0 aliphatic heterocycles. The smallest absolute Gasteiger partial charge is 0.246 e. The number of hydrogen-bond acceptors (Lipinski definition) is 4. The van der Waals surface area contributed by atoms with Crippen molar-refractivity contribution in [1.82, 2.24) is 15.6 Å². The van der Waals surface area contributed by atoms with Crippen molar-refractivity contribution in [2.75, 3.05) is 11.9 Å². The van der Waals surface area contributed by atoms with Gasteiger partial charge in [-0.2, -0.15) is 0 Å². The highest BCUT2D eigenvalue weighted by Crippen LogP contribution is 2.09. The summed E-state index contributed by atoms with van der Waals surface area (Å²) in [7, 11) is 0. The van der Waals surface area contributed by atoms with Gasteiger partial charge in [0.1, 0.15) is 6.04 Å². The van der Waals surface area contributed by atoms with Crippen LogP contribution in [0.3, 0.4) is 0 Å². The van der Waals surface area contributed by atoms with Crippen molar-refractivity contribution in [1.29, 1.82) is 0 Å². The van der Waals surface area contributed by atoms with Crippen LogP contribution in [0.5, 0.6) is 0 Å². The van der Waals surface area contributed by atoms with E-state index in [1.54, 1.807) is 24.5 Å². The summed E-state index contributed by atoms with van der Waals surface area (Å²) in [5, 5.41) is 8.81. The molecule has 0 unspecified atom stereocenters. The number of pyridine rings is 1. The van der Waals surface area contributed by atoms with Gasteiger partial charge in [-0.15, -0.1) is 0 Å². The van der Waals surface area contributed by atoms with Crippen molar-refractivity contribution >= 4 is 23.4 Å². The van der Waals surface area contributed by atoms with E-state index in [0.717, 1.165) is 83.5 Å². The zero-order valence-electron chi connectivity index (χ0n) is 36.9. The lowest BCUT2D eigenvalue weighted by Crippen LogP contribution is -2.43. The minimum absolute atomic E-state index is 0.0389. The zero-order chi connectivity index (χ0) is 43.2. The Kier molecular flexibility index (Phi) is 36.8. The van der Waals surface area contributed by atoms with Crippen LogP contribution in [-0.2, 0) is 14.4 Å². The van der Waals surface area contributed by atoms with E-state index in [1.165, 1.54) is 0 Å². The summed E-state index contributed by atoms with van der Waals surface area (Å²) in [6.07, 6.45) is 66.5. The Morgan fingerprint density at radius 2 is 0.917 bits per heavy atom. The summed E-state index contributed by atoms with van der Waals surface area (Å²) in [4.78, 5) is 42.3. The molecule has 1 atom stereocenters. The second-order valence-corrected chi connectivity index (χ2v) is 14.2. The van der Waals surface area contributed by atoms with Crippen LogP contribution in [0.1, 0.15) is 136 Å². The first kappa shape index (κ1) is 52.7. The molecule has 0 bridgehead atoms. The molecule has 0 aliphatic carbocycles. The van der Waals surface area contributed by atoms with Gasteiger partial charge in [-0.25, -0.2) is 0 Å². The molecule has 0 aromatic carbocycles. The number of hydrogen-bond donors (Lipinski definition) is 3. The minimum atomic E-state index is -0.671. The van der Waals surface area contributed by atoms with Crippen LogP contribution in [-0.4, -0.2) is 35.3 Å². The average Bonchev–Trinajstić information content (AvgIpc) is 3.25. The summed E-state index contributed by atoms with van der Waals surface area (Å²) >= 11 is 0. The fraction of sp³-hybridized carbons (Fsp3) is 0.434. The third-order valence-corrected chi connectivity index (χ3v) is 8.91. The molecule has 0 saturated carbocycles. The maximum atomic E-state index is 13.1. The fourth-order valence-electron chi connectivity index (χ4n) is 5.59. The topological polar surface area (TPSA) is 100 Å². The Morgan fingerprint density at radius 1 is 0.500 bits per heavy atom.